The molecule has 110 valence electrons. The highest BCUT2D eigenvalue weighted by molar-refractivity contribution is 5.80. The first-order valence-corrected chi connectivity index (χ1v) is 7.02. The van der Waals surface area contributed by atoms with Crippen LogP contribution in [-0.2, 0) is 9.59 Å². The van der Waals surface area contributed by atoms with Gasteiger partial charge in [0.2, 0.25) is 11.8 Å². The third-order valence-electron chi connectivity index (χ3n) is 3.58. The van der Waals surface area contributed by atoms with E-state index in [9.17, 15) is 9.59 Å². The van der Waals surface area contributed by atoms with Gasteiger partial charge in [-0.25, -0.2) is 0 Å². The third kappa shape index (κ3) is 5.16. The van der Waals surface area contributed by atoms with Crippen LogP contribution in [-0.4, -0.2) is 67.9 Å². The molecule has 0 bridgehead atoms. The molecule has 1 saturated heterocycles. The van der Waals surface area contributed by atoms with E-state index >= 15 is 0 Å². The van der Waals surface area contributed by atoms with Crippen molar-refractivity contribution < 1.29 is 9.59 Å². The van der Waals surface area contributed by atoms with Gasteiger partial charge in [-0.2, -0.15) is 0 Å². The number of amides is 2. The van der Waals surface area contributed by atoms with Gasteiger partial charge in [0.1, 0.15) is 0 Å². The van der Waals surface area contributed by atoms with Crippen LogP contribution < -0.4 is 11.1 Å². The fourth-order valence-corrected chi connectivity index (χ4v) is 2.24. The molecule has 0 aromatic rings. The number of carbonyl (C=O) groups excluding carboxylic acids is 2. The summed E-state index contributed by atoms with van der Waals surface area (Å²) in [4.78, 5) is 27.5. The zero-order valence-corrected chi connectivity index (χ0v) is 12.0. The van der Waals surface area contributed by atoms with Crippen molar-refractivity contribution >= 4 is 11.8 Å². The maximum Gasteiger partial charge on any atom is 0.236 e. The van der Waals surface area contributed by atoms with Gasteiger partial charge in [-0.05, 0) is 26.3 Å². The summed E-state index contributed by atoms with van der Waals surface area (Å²) >= 11 is 0. The molecular formula is C13H26N4O2. The largest absolute Gasteiger partial charge is 0.355 e. The van der Waals surface area contributed by atoms with Crippen molar-refractivity contribution in [3.8, 4) is 0 Å². The fraction of sp³-hybridized carbons (Fsp3) is 0.846. The molecule has 1 unspecified atom stereocenters. The van der Waals surface area contributed by atoms with Gasteiger partial charge in [-0.1, -0.05) is 0 Å². The Labute approximate surface area is 115 Å². The van der Waals surface area contributed by atoms with Crippen molar-refractivity contribution in [1.82, 2.24) is 15.1 Å². The van der Waals surface area contributed by atoms with Crippen LogP contribution in [0, 0.1) is 5.92 Å². The minimum absolute atomic E-state index is 0.0139. The first-order valence-electron chi connectivity index (χ1n) is 7.02. The van der Waals surface area contributed by atoms with Crippen molar-refractivity contribution in [1.29, 1.82) is 0 Å². The van der Waals surface area contributed by atoms with Crippen LogP contribution in [0.3, 0.4) is 0 Å². The van der Waals surface area contributed by atoms with Gasteiger partial charge in [0.15, 0.2) is 0 Å². The van der Waals surface area contributed by atoms with Crippen LogP contribution in [0.15, 0.2) is 0 Å². The number of carbonyl (C=O) groups is 2. The normalized spacial score (nSPS) is 20.1. The molecule has 0 aliphatic carbocycles. The standard InChI is InChI=1S/C13H26N4O2/c1-3-16(2)12(18)10-17-8-4-5-11(9-17)13(19)15-7-6-14/h11H,3-10,14H2,1-2H3,(H,15,19). The zero-order valence-electron chi connectivity index (χ0n) is 12.0. The van der Waals surface area contributed by atoms with Gasteiger partial charge in [-0.3, -0.25) is 14.5 Å². The highest BCUT2D eigenvalue weighted by Gasteiger charge is 2.26. The van der Waals surface area contributed by atoms with Crippen molar-refractivity contribution in [2.24, 2.45) is 11.7 Å². The lowest BCUT2D eigenvalue weighted by Crippen LogP contribution is -2.47. The molecule has 1 aliphatic heterocycles. The summed E-state index contributed by atoms with van der Waals surface area (Å²) < 4.78 is 0. The summed E-state index contributed by atoms with van der Waals surface area (Å²) in [6, 6.07) is 0. The van der Waals surface area contributed by atoms with E-state index in [1.54, 1.807) is 11.9 Å². The van der Waals surface area contributed by atoms with Crippen molar-refractivity contribution in [3.63, 3.8) is 0 Å². The van der Waals surface area contributed by atoms with Crippen LogP contribution in [0.4, 0.5) is 0 Å². The lowest BCUT2D eigenvalue weighted by atomic mass is 9.97. The van der Waals surface area contributed by atoms with E-state index in [0.717, 1.165) is 19.4 Å². The van der Waals surface area contributed by atoms with Crippen molar-refractivity contribution in [2.45, 2.75) is 19.8 Å². The van der Waals surface area contributed by atoms with Crippen molar-refractivity contribution in [2.75, 3.05) is 46.3 Å². The molecule has 6 nitrogen and oxygen atoms in total. The second kappa shape index (κ2) is 8.12. The number of nitrogens with two attached hydrogens (primary N) is 1. The topological polar surface area (TPSA) is 78.7 Å². The Morgan fingerprint density at radius 3 is 2.84 bits per heavy atom. The zero-order chi connectivity index (χ0) is 14.3. The number of hydrogen-bond donors (Lipinski definition) is 2. The van der Waals surface area contributed by atoms with E-state index in [1.807, 2.05) is 6.92 Å². The van der Waals surface area contributed by atoms with E-state index in [2.05, 4.69) is 10.2 Å². The summed E-state index contributed by atoms with van der Waals surface area (Å²) in [7, 11) is 1.80. The molecule has 19 heavy (non-hydrogen) atoms. The molecular weight excluding hydrogens is 244 g/mol. The predicted octanol–water partition coefficient (Wildman–Crippen LogP) is -0.748. The Kier molecular flexibility index (Phi) is 6.80. The number of nitrogens with one attached hydrogen (secondary N) is 1. The quantitative estimate of drug-likeness (QED) is 0.666. The molecule has 0 radical (unpaired) electrons. The summed E-state index contributed by atoms with van der Waals surface area (Å²) in [6.45, 7) is 5.62. The van der Waals surface area contributed by atoms with Gasteiger partial charge in [0.25, 0.3) is 0 Å². The summed E-state index contributed by atoms with van der Waals surface area (Å²) in [5, 5.41) is 2.82. The molecule has 2 amide bonds. The summed E-state index contributed by atoms with van der Waals surface area (Å²) in [6.07, 6.45) is 1.86. The second-order valence-electron chi connectivity index (χ2n) is 5.06. The molecule has 1 rings (SSSR count). The summed E-state index contributed by atoms with van der Waals surface area (Å²) in [5.41, 5.74) is 5.37. The van der Waals surface area contributed by atoms with Crippen LogP contribution in [0.2, 0.25) is 0 Å². The lowest BCUT2D eigenvalue weighted by molar-refractivity contribution is -0.133. The van der Waals surface area contributed by atoms with Crippen molar-refractivity contribution in [3.05, 3.63) is 0 Å². The van der Waals surface area contributed by atoms with Gasteiger partial charge in [0.05, 0.1) is 12.5 Å². The van der Waals surface area contributed by atoms with E-state index in [0.29, 0.717) is 32.7 Å². The van der Waals surface area contributed by atoms with E-state index in [1.165, 1.54) is 0 Å². The average molecular weight is 270 g/mol. The fourth-order valence-electron chi connectivity index (χ4n) is 2.24. The molecule has 6 heteroatoms. The Hall–Kier alpha value is -1.14. The van der Waals surface area contributed by atoms with Crippen LogP contribution in [0.1, 0.15) is 19.8 Å². The van der Waals surface area contributed by atoms with Gasteiger partial charge in [0, 0.05) is 33.2 Å². The monoisotopic (exact) mass is 270 g/mol. The number of piperidine rings is 1. The molecule has 0 aromatic carbocycles. The Balaban J connectivity index is 2.41. The third-order valence-corrected chi connectivity index (χ3v) is 3.58. The highest BCUT2D eigenvalue weighted by atomic mass is 16.2. The first-order chi connectivity index (χ1) is 9.08. The molecule has 1 heterocycles. The number of nitrogens with zero attached hydrogens (tertiary/aromatic N) is 2. The smallest absolute Gasteiger partial charge is 0.236 e. The molecule has 1 fully saturated rings. The highest BCUT2D eigenvalue weighted by Crippen LogP contribution is 2.16. The number of hydrogen-bond acceptors (Lipinski definition) is 4. The SMILES string of the molecule is CCN(C)C(=O)CN1CCCC(C(=O)NCCN)C1. The second-order valence-corrected chi connectivity index (χ2v) is 5.06. The molecule has 1 atom stereocenters. The first kappa shape index (κ1) is 15.9. The van der Waals surface area contributed by atoms with E-state index < -0.39 is 0 Å². The van der Waals surface area contributed by atoms with E-state index in [4.69, 9.17) is 5.73 Å². The number of likely N-dealkylation sites (tertiary alicyclic amines) is 1. The molecule has 3 N–H and O–H groups in total. The van der Waals surface area contributed by atoms with Crippen LogP contribution in [0.25, 0.3) is 0 Å². The average Bonchev–Trinajstić information content (AvgIpc) is 2.43. The minimum atomic E-state index is -0.0139. The maximum atomic E-state index is 11.9. The predicted molar refractivity (Wildman–Crippen MR) is 74.5 cm³/mol. The number of likely N-dealkylation sites (N-methyl/N-ethyl adjacent to an activating group) is 1. The minimum Gasteiger partial charge on any atom is -0.355 e. The van der Waals surface area contributed by atoms with Gasteiger partial charge < -0.3 is 16.0 Å². The number of rotatable bonds is 6. The Bertz CT molecular complexity index is 309. The Morgan fingerprint density at radius 1 is 1.47 bits per heavy atom. The van der Waals surface area contributed by atoms with Gasteiger partial charge in [-0.15, -0.1) is 0 Å². The van der Waals surface area contributed by atoms with Gasteiger partial charge >= 0.3 is 0 Å². The molecule has 1 aliphatic rings. The summed E-state index contributed by atoms with van der Waals surface area (Å²) in [5.74, 6) is 0.164. The van der Waals surface area contributed by atoms with E-state index in [-0.39, 0.29) is 17.7 Å². The van der Waals surface area contributed by atoms with Crippen LogP contribution in [0.5, 0.6) is 0 Å². The maximum absolute atomic E-state index is 11.9. The lowest BCUT2D eigenvalue weighted by Gasteiger charge is -2.32. The van der Waals surface area contributed by atoms with Crippen LogP contribution >= 0.6 is 0 Å². The molecule has 0 spiro atoms. The molecule has 0 aromatic heterocycles. The Morgan fingerprint density at radius 2 is 2.21 bits per heavy atom. The molecule has 0 saturated carbocycles.